The van der Waals surface area contributed by atoms with Crippen LogP contribution in [-0.4, -0.2) is 25.2 Å². The summed E-state index contributed by atoms with van der Waals surface area (Å²) in [5.41, 5.74) is 0.0750. The first-order valence-corrected chi connectivity index (χ1v) is 7.41. The number of anilines is 1. The van der Waals surface area contributed by atoms with Crippen LogP contribution in [0.4, 0.5) is 5.69 Å². The zero-order valence-electron chi connectivity index (χ0n) is 12.3. The lowest BCUT2D eigenvalue weighted by atomic mass is 9.78. The number of ether oxygens (including phenoxy) is 2. The van der Waals surface area contributed by atoms with E-state index in [9.17, 15) is 4.79 Å². The summed E-state index contributed by atoms with van der Waals surface area (Å²) in [5.74, 6) is 1.53. The highest BCUT2D eigenvalue weighted by atomic mass is 16.5. The second-order valence-corrected chi connectivity index (χ2v) is 5.63. The predicted molar refractivity (Wildman–Crippen MR) is 79.8 cm³/mol. The SMILES string of the molecule is COc1ccc(N2C(=O)[C@]3(CCCO3)[C@@H]2c2ccco2)cc1. The summed E-state index contributed by atoms with van der Waals surface area (Å²) in [4.78, 5) is 14.5. The Morgan fingerprint density at radius 1 is 1.27 bits per heavy atom. The van der Waals surface area contributed by atoms with Crippen molar-refractivity contribution in [3.63, 3.8) is 0 Å². The van der Waals surface area contributed by atoms with E-state index >= 15 is 0 Å². The Hall–Kier alpha value is -2.27. The first-order chi connectivity index (χ1) is 10.8. The second kappa shape index (κ2) is 4.88. The Balaban J connectivity index is 1.73. The van der Waals surface area contributed by atoms with Gasteiger partial charge in [-0.05, 0) is 49.2 Å². The van der Waals surface area contributed by atoms with E-state index in [4.69, 9.17) is 13.9 Å². The van der Waals surface area contributed by atoms with Crippen molar-refractivity contribution >= 4 is 11.6 Å². The van der Waals surface area contributed by atoms with Crippen LogP contribution in [0.2, 0.25) is 0 Å². The fourth-order valence-corrected chi connectivity index (χ4v) is 3.44. The van der Waals surface area contributed by atoms with Crippen molar-refractivity contribution in [3.8, 4) is 5.75 Å². The maximum atomic E-state index is 12.8. The van der Waals surface area contributed by atoms with Gasteiger partial charge in [-0.3, -0.25) is 9.69 Å². The van der Waals surface area contributed by atoms with Crippen LogP contribution in [0.5, 0.6) is 5.75 Å². The molecule has 0 aliphatic carbocycles. The molecule has 5 heteroatoms. The molecular formula is C17H17NO4. The summed E-state index contributed by atoms with van der Waals surface area (Å²) in [5, 5.41) is 0. The molecule has 1 amide bonds. The van der Waals surface area contributed by atoms with Crippen LogP contribution in [-0.2, 0) is 9.53 Å². The number of β-lactam (4-membered cyclic amide) rings is 1. The molecule has 2 saturated heterocycles. The summed E-state index contributed by atoms with van der Waals surface area (Å²) in [6.07, 6.45) is 3.27. The Morgan fingerprint density at radius 2 is 2.09 bits per heavy atom. The molecule has 114 valence electrons. The smallest absolute Gasteiger partial charge is 0.262 e. The second-order valence-electron chi connectivity index (χ2n) is 5.63. The fraction of sp³-hybridized carbons (Fsp3) is 0.353. The van der Waals surface area contributed by atoms with Crippen molar-refractivity contribution in [1.82, 2.24) is 0 Å². The van der Waals surface area contributed by atoms with Crippen LogP contribution in [0.25, 0.3) is 0 Å². The molecule has 4 rings (SSSR count). The summed E-state index contributed by atoms with van der Waals surface area (Å²) < 4.78 is 16.6. The van der Waals surface area contributed by atoms with E-state index in [1.54, 1.807) is 18.3 Å². The van der Waals surface area contributed by atoms with Crippen LogP contribution in [0.1, 0.15) is 24.6 Å². The summed E-state index contributed by atoms with van der Waals surface area (Å²) >= 11 is 0. The number of hydrogen-bond acceptors (Lipinski definition) is 4. The molecule has 1 aromatic carbocycles. The highest BCUT2D eigenvalue weighted by molar-refractivity contribution is 6.08. The number of nitrogens with zero attached hydrogens (tertiary/aromatic N) is 1. The zero-order chi connectivity index (χ0) is 15.2. The van der Waals surface area contributed by atoms with Crippen LogP contribution in [0.15, 0.2) is 47.1 Å². The van der Waals surface area contributed by atoms with Gasteiger partial charge in [0.2, 0.25) is 0 Å². The van der Waals surface area contributed by atoms with E-state index in [0.29, 0.717) is 6.61 Å². The van der Waals surface area contributed by atoms with Gasteiger partial charge >= 0.3 is 0 Å². The average molecular weight is 299 g/mol. The lowest BCUT2D eigenvalue weighted by Gasteiger charge is -2.52. The molecule has 0 N–H and O–H groups in total. The fourth-order valence-electron chi connectivity index (χ4n) is 3.44. The number of rotatable bonds is 3. The normalized spacial score (nSPS) is 27.2. The monoisotopic (exact) mass is 299 g/mol. The largest absolute Gasteiger partial charge is 0.497 e. The molecule has 5 nitrogen and oxygen atoms in total. The number of carbonyl (C=O) groups is 1. The Morgan fingerprint density at radius 3 is 2.68 bits per heavy atom. The molecule has 0 radical (unpaired) electrons. The van der Waals surface area contributed by atoms with Crippen molar-refractivity contribution < 1.29 is 18.7 Å². The molecule has 3 heterocycles. The number of hydrogen-bond donors (Lipinski definition) is 0. The van der Waals surface area contributed by atoms with Crippen molar-refractivity contribution in [2.24, 2.45) is 0 Å². The van der Waals surface area contributed by atoms with Gasteiger partial charge in [0.25, 0.3) is 5.91 Å². The maximum absolute atomic E-state index is 12.8. The zero-order valence-corrected chi connectivity index (χ0v) is 12.3. The van der Waals surface area contributed by atoms with E-state index in [-0.39, 0.29) is 11.9 Å². The highest BCUT2D eigenvalue weighted by Crippen LogP contribution is 2.53. The minimum atomic E-state index is -0.752. The van der Waals surface area contributed by atoms with Crippen LogP contribution >= 0.6 is 0 Å². The standard InChI is InChI=1S/C17H17NO4/c1-20-13-7-5-12(6-8-13)18-15(14-4-2-10-21-14)17(16(18)19)9-3-11-22-17/h2,4-8,10,15H,3,9,11H2,1H3/t15-,17-/m0/s1. The Kier molecular flexibility index (Phi) is 2.97. The maximum Gasteiger partial charge on any atom is 0.262 e. The van der Waals surface area contributed by atoms with Crippen LogP contribution in [0, 0.1) is 0 Å². The lowest BCUT2D eigenvalue weighted by Crippen LogP contribution is -2.68. The highest BCUT2D eigenvalue weighted by Gasteiger charge is 2.65. The quantitative estimate of drug-likeness (QED) is 0.818. The van der Waals surface area contributed by atoms with Gasteiger partial charge in [-0.1, -0.05) is 0 Å². The molecule has 2 aliphatic heterocycles. The number of amides is 1. The summed E-state index contributed by atoms with van der Waals surface area (Å²) in [6.45, 7) is 0.624. The van der Waals surface area contributed by atoms with Crippen LogP contribution < -0.4 is 9.64 Å². The predicted octanol–water partition coefficient (Wildman–Crippen LogP) is 2.93. The van der Waals surface area contributed by atoms with E-state index in [0.717, 1.165) is 30.0 Å². The van der Waals surface area contributed by atoms with Crippen molar-refractivity contribution in [3.05, 3.63) is 48.4 Å². The molecular weight excluding hydrogens is 282 g/mol. The number of benzene rings is 1. The summed E-state index contributed by atoms with van der Waals surface area (Å²) in [7, 11) is 1.62. The molecule has 1 aromatic heterocycles. The third-order valence-corrected chi connectivity index (χ3v) is 4.50. The van der Waals surface area contributed by atoms with E-state index in [2.05, 4.69) is 0 Å². The van der Waals surface area contributed by atoms with Crippen molar-refractivity contribution in [2.45, 2.75) is 24.5 Å². The van der Waals surface area contributed by atoms with Crippen LogP contribution in [0.3, 0.4) is 0 Å². The topological polar surface area (TPSA) is 51.9 Å². The van der Waals surface area contributed by atoms with Crippen molar-refractivity contribution in [2.75, 3.05) is 18.6 Å². The first-order valence-electron chi connectivity index (χ1n) is 7.41. The number of methoxy groups -OCH3 is 1. The first kappa shape index (κ1) is 13.4. The van der Waals surface area contributed by atoms with Crippen molar-refractivity contribution in [1.29, 1.82) is 0 Å². The van der Waals surface area contributed by atoms with Gasteiger partial charge in [-0.25, -0.2) is 0 Å². The van der Waals surface area contributed by atoms with E-state index in [1.807, 2.05) is 36.4 Å². The average Bonchev–Trinajstić information content (AvgIpc) is 3.24. The number of furan rings is 1. The van der Waals surface area contributed by atoms with Gasteiger partial charge < -0.3 is 13.9 Å². The Labute approximate surface area is 128 Å². The lowest BCUT2D eigenvalue weighted by molar-refractivity contribution is -0.157. The van der Waals surface area contributed by atoms with Gasteiger partial charge in [0.05, 0.1) is 13.4 Å². The van der Waals surface area contributed by atoms with Gasteiger partial charge in [-0.2, -0.15) is 0 Å². The molecule has 2 aliphatic rings. The third-order valence-electron chi connectivity index (χ3n) is 4.50. The molecule has 0 saturated carbocycles. The molecule has 22 heavy (non-hydrogen) atoms. The van der Waals surface area contributed by atoms with E-state index < -0.39 is 5.60 Å². The minimum Gasteiger partial charge on any atom is -0.497 e. The third kappa shape index (κ3) is 1.72. The minimum absolute atomic E-state index is 0.0107. The van der Waals surface area contributed by atoms with Gasteiger partial charge in [0.15, 0.2) is 5.60 Å². The van der Waals surface area contributed by atoms with Gasteiger partial charge in [0, 0.05) is 12.3 Å². The van der Waals surface area contributed by atoms with Gasteiger partial charge in [0.1, 0.15) is 17.6 Å². The molecule has 2 fully saturated rings. The molecule has 2 aromatic rings. The summed E-state index contributed by atoms with van der Waals surface area (Å²) in [6, 6.07) is 11.0. The van der Waals surface area contributed by atoms with Gasteiger partial charge in [-0.15, -0.1) is 0 Å². The number of carbonyl (C=O) groups excluding carboxylic acids is 1. The van der Waals surface area contributed by atoms with E-state index in [1.165, 1.54) is 0 Å². The molecule has 2 atom stereocenters. The molecule has 0 bridgehead atoms. The Bertz CT molecular complexity index is 671. The molecule has 1 spiro atoms. The molecule has 0 unspecified atom stereocenters.